The molecule has 0 radical (unpaired) electrons. The molecule has 15 nitrogen and oxygen atoms in total. The Morgan fingerprint density at radius 1 is 0.933 bits per heavy atom. The zero-order chi connectivity index (χ0) is 41.9. The summed E-state index contributed by atoms with van der Waals surface area (Å²) in [5.74, 6) is -0.301. The van der Waals surface area contributed by atoms with Gasteiger partial charge in [-0.15, -0.1) is 0 Å². The summed E-state index contributed by atoms with van der Waals surface area (Å²) >= 11 is 0. The van der Waals surface area contributed by atoms with Gasteiger partial charge in [0.2, 0.25) is 17.7 Å². The highest BCUT2D eigenvalue weighted by molar-refractivity contribution is 6.25. The number of hydrogen-bond donors (Lipinski definition) is 4. The molecule has 1 fully saturated rings. The molecule has 0 saturated carbocycles. The van der Waals surface area contributed by atoms with Crippen LogP contribution >= 0.6 is 0 Å². The quantitative estimate of drug-likeness (QED) is 0.0904. The van der Waals surface area contributed by atoms with Gasteiger partial charge in [-0.1, -0.05) is 18.2 Å². The second kappa shape index (κ2) is 17.4. The number of fused-ring (bicyclic) bond motifs is 3. The molecule has 8 rings (SSSR count). The minimum Gasteiger partial charge on any atom is -0.496 e. The van der Waals surface area contributed by atoms with Crippen LogP contribution < -0.4 is 30.7 Å². The van der Waals surface area contributed by atoms with E-state index >= 15 is 0 Å². The lowest BCUT2D eigenvalue weighted by Gasteiger charge is -2.27. The molecule has 0 spiro atoms. The molecule has 312 valence electrons. The van der Waals surface area contributed by atoms with Gasteiger partial charge in [-0.25, -0.2) is 4.98 Å². The Morgan fingerprint density at radius 3 is 2.60 bits per heavy atom. The number of ether oxygens (including phenoxy) is 2. The second-order valence-electron chi connectivity index (χ2n) is 15.7. The van der Waals surface area contributed by atoms with Gasteiger partial charge < -0.3 is 30.0 Å². The molecule has 3 aromatic carbocycles. The van der Waals surface area contributed by atoms with Crippen molar-refractivity contribution >= 4 is 41.1 Å². The van der Waals surface area contributed by atoms with Crippen LogP contribution in [0.4, 0.5) is 5.69 Å². The highest BCUT2D eigenvalue weighted by Gasteiger charge is 2.45. The standard InChI is InChI=1S/C45H49N7O8/c1-26-36(59-2)23-29(42(55)49-32-15-14-27-12-13-28(22-31(27)32)34-25-51-20-6-10-38(51)48-34)24-37(26)60-21-7-19-47-39(53)11-3-4-18-46-33-9-5-8-30-41(33)45(58)52(44(30)57)35-16-17-40(54)50-43(35)56/h5,8-9,12-13,22-25,32,35,46H,3-4,6-7,10-11,14-21H2,1-2H3,(H,47,53)(H,49,55)(H,50,54,56)/t32-,35?/m1/s1. The molecule has 4 aliphatic rings. The predicted octanol–water partition coefficient (Wildman–Crippen LogP) is 4.80. The van der Waals surface area contributed by atoms with Crippen molar-refractivity contribution < 1.29 is 38.2 Å². The number of nitrogens with zero attached hydrogens (tertiary/aromatic N) is 3. The van der Waals surface area contributed by atoms with Crippen LogP contribution in [0.5, 0.6) is 11.5 Å². The summed E-state index contributed by atoms with van der Waals surface area (Å²) in [5, 5.41) is 11.6. The lowest BCUT2D eigenvalue weighted by atomic mass is 10.0. The van der Waals surface area contributed by atoms with E-state index in [1.807, 2.05) is 6.92 Å². The monoisotopic (exact) mass is 815 g/mol. The molecular weight excluding hydrogens is 767 g/mol. The first-order valence-electron chi connectivity index (χ1n) is 20.8. The zero-order valence-corrected chi connectivity index (χ0v) is 33.9. The third-order valence-electron chi connectivity index (χ3n) is 11.8. The maximum atomic E-state index is 13.7. The van der Waals surface area contributed by atoms with Crippen LogP contribution in [0, 0.1) is 6.92 Å². The van der Waals surface area contributed by atoms with Crippen molar-refractivity contribution in [3.8, 4) is 22.8 Å². The number of aryl methyl sites for hydroxylation is 3. The van der Waals surface area contributed by atoms with Crippen LogP contribution in [0.3, 0.4) is 0 Å². The van der Waals surface area contributed by atoms with Gasteiger partial charge in [0, 0.05) is 67.5 Å². The summed E-state index contributed by atoms with van der Waals surface area (Å²) in [7, 11) is 1.57. The lowest BCUT2D eigenvalue weighted by molar-refractivity contribution is -0.136. The number of imide groups is 2. The molecule has 60 heavy (non-hydrogen) atoms. The highest BCUT2D eigenvalue weighted by atomic mass is 16.5. The Hall–Kier alpha value is -6.51. The first-order chi connectivity index (χ1) is 29.1. The first-order valence-corrected chi connectivity index (χ1v) is 20.8. The van der Waals surface area contributed by atoms with Gasteiger partial charge in [-0.05, 0) is 93.3 Å². The lowest BCUT2D eigenvalue weighted by Crippen LogP contribution is -2.54. The Labute approximate surface area is 347 Å². The fourth-order valence-electron chi connectivity index (χ4n) is 8.57. The van der Waals surface area contributed by atoms with Crippen LogP contribution in [0.1, 0.15) is 111 Å². The molecule has 4 heterocycles. The molecule has 6 amide bonds. The number of piperidine rings is 1. The fraction of sp³-hybridized carbons (Fsp3) is 0.400. The van der Waals surface area contributed by atoms with Gasteiger partial charge in [0.05, 0.1) is 36.6 Å². The molecule has 1 aliphatic carbocycles. The number of imidazole rings is 1. The Bertz CT molecular complexity index is 2370. The summed E-state index contributed by atoms with van der Waals surface area (Å²) in [4.78, 5) is 82.5. The van der Waals surface area contributed by atoms with Crippen molar-refractivity contribution in [2.75, 3.05) is 32.1 Å². The maximum Gasteiger partial charge on any atom is 0.264 e. The largest absolute Gasteiger partial charge is 0.496 e. The minimum absolute atomic E-state index is 0.0510. The van der Waals surface area contributed by atoms with E-state index < -0.39 is 29.7 Å². The Balaban J connectivity index is 0.772. The molecular formula is C45H49N7O8. The number of carbonyl (C=O) groups excluding carboxylic acids is 6. The smallest absolute Gasteiger partial charge is 0.264 e. The van der Waals surface area contributed by atoms with Gasteiger partial charge in [0.25, 0.3) is 17.7 Å². The van der Waals surface area contributed by atoms with Gasteiger partial charge in [0.1, 0.15) is 23.4 Å². The van der Waals surface area contributed by atoms with E-state index in [2.05, 4.69) is 50.2 Å². The number of nitrogens with one attached hydrogen (secondary N) is 4. The van der Waals surface area contributed by atoms with Crippen molar-refractivity contribution in [1.82, 2.24) is 30.4 Å². The number of unbranched alkanes of at least 4 members (excludes halogenated alkanes) is 1. The predicted molar refractivity (Wildman–Crippen MR) is 221 cm³/mol. The van der Waals surface area contributed by atoms with Gasteiger partial charge in [0.15, 0.2) is 0 Å². The maximum absolute atomic E-state index is 13.7. The molecule has 2 atom stereocenters. The van der Waals surface area contributed by atoms with E-state index in [1.165, 1.54) is 5.56 Å². The number of aromatic nitrogens is 2. The van der Waals surface area contributed by atoms with E-state index in [0.717, 1.165) is 65.3 Å². The zero-order valence-electron chi connectivity index (χ0n) is 33.9. The Kier molecular flexibility index (Phi) is 11.7. The van der Waals surface area contributed by atoms with Crippen LogP contribution in [-0.4, -0.2) is 82.7 Å². The van der Waals surface area contributed by atoms with Gasteiger partial charge in [-0.2, -0.15) is 0 Å². The molecule has 4 aromatic rings. The summed E-state index contributed by atoms with van der Waals surface area (Å²) in [6.45, 7) is 4.07. The van der Waals surface area contributed by atoms with Crippen LogP contribution in [0.2, 0.25) is 0 Å². The van der Waals surface area contributed by atoms with Crippen molar-refractivity contribution in [1.29, 1.82) is 0 Å². The number of methoxy groups -OCH3 is 1. The Morgan fingerprint density at radius 2 is 1.78 bits per heavy atom. The molecule has 4 N–H and O–H groups in total. The molecule has 1 aromatic heterocycles. The summed E-state index contributed by atoms with van der Waals surface area (Å²) in [5.41, 5.74) is 6.49. The van der Waals surface area contributed by atoms with Gasteiger partial charge >= 0.3 is 0 Å². The topological polar surface area (TPSA) is 190 Å². The van der Waals surface area contributed by atoms with Crippen LogP contribution in [-0.2, 0) is 33.8 Å². The average Bonchev–Trinajstić information content (AvgIpc) is 4.02. The number of carbonyl (C=O) groups is 6. The number of benzene rings is 3. The second-order valence-corrected chi connectivity index (χ2v) is 15.7. The van der Waals surface area contributed by atoms with E-state index in [1.54, 1.807) is 37.4 Å². The summed E-state index contributed by atoms with van der Waals surface area (Å²) in [6.07, 6.45) is 8.18. The molecule has 1 unspecified atom stereocenters. The molecule has 15 heteroatoms. The summed E-state index contributed by atoms with van der Waals surface area (Å²) < 4.78 is 13.9. The molecule has 0 bridgehead atoms. The van der Waals surface area contributed by atoms with E-state index in [9.17, 15) is 28.8 Å². The fourth-order valence-corrected chi connectivity index (χ4v) is 8.57. The van der Waals surface area contributed by atoms with Crippen LogP contribution in [0.25, 0.3) is 11.3 Å². The van der Waals surface area contributed by atoms with E-state index in [0.29, 0.717) is 68.1 Å². The normalized spacial score (nSPS) is 17.9. The SMILES string of the molecule is COc1cc(C(=O)N[C@@H]2CCc3ccc(-c4cn5c(n4)CCC5)cc32)cc(OCCCNC(=O)CCCCNc2cccc3c2C(=O)N(C2CCC(=O)NC2=O)C3=O)c1C. The van der Waals surface area contributed by atoms with Gasteiger partial charge in [-0.3, -0.25) is 39.0 Å². The summed E-state index contributed by atoms with van der Waals surface area (Å²) in [6, 6.07) is 13.7. The molecule has 3 aliphatic heterocycles. The van der Waals surface area contributed by atoms with Crippen molar-refractivity contribution in [2.24, 2.45) is 0 Å². The third kappa shape index (κ3) is 8.20. The number of hydrogen-bond acceptors (Lipinski definition) is 10. The third-order valence-corrected chi connectivity index (χ3v) is 11.8. The van der Waals surface area contributed by atoms with Crippen molar-refractivity contribution in [3.63, 3.8) is 0 Å². The first kappa shape index (κ1) is 40.3. The van der Waals surface area contributed by atoms with Crippen molar-refractivity contribution in [3.05, 3.63) is 93.9 Å². The average molecular weight is 816 g/mol. The number of amides is 6. The highest BCUT2D eigenvalue weighted by Crippen LogP contribution is 2.37. The minimum atomic E-state index is -1.03. The van der Waals surface area contributed by atoms with E-state index in [-0.39, 0.29) is 41.8 Å². The van der Waals surface area contributed by atoms with E-state index in [4.69, 9.17) is 14.5 Å². The number of rotatable bonds is 16. The van der Waals surface area contributed by atoms with Crippen molar-refractivity contribution in [2.45, 2.75) is 89.8 Å². The molecule has 1 saturated heterocycles. The van der Waals surface area contributed by atoms with Crippen LogP contribution in [0.15, 0.2) is 54.7 Å². The number of anilines is 1.